The second kappa shape index (κ2) is 12.0. The molecule has 3 aliphatic rings. The molecule has 0 aliphatic carbocycles. The van der Waals surface area contributed by atoms with E-state index in [9.17, 15) is 19.5 Å². The van der Waals surface area contributed by atoms with Crippen LogP contribution in [0.5, 0.6) is 0 Å². The number of para-hydroxylation sites is 2. The zero-order valence-corrected chi connectivity index (χ0v) is 24.9. The van der Waals surface area contributed by atoms with Crippen molar-refractivity contribution in [1.29, 1.82) is 0 Å². The topological polar surface area (TPSA) is 90.4 Å². The molecule has 222 valence electrons. The van der Waals surface area contributed by atoms with Crippen LogP contribution in [0.25, 0.3) is 0 Å². The van der Waals surface area contributed by atoms with Gasteiger partial charge in [0.1, 0.15) is 11.6 Å². The highest BCUT2D eigenvalue weighted by Gasteiger charge is 2.75. The number of aliphatic hydroxyl groups is 1. The first-order valence-corrected chi connectivity index (χ1v) is 14.9. The van der Waals surface area contributed by atoms with Crippen molar-refractivity contribution in [2.45, 2.75) is 56.9 Å². The number of aryl methyl sites for hydroxylation is 1. The Hall–Kier alpha value is -3.46. The predicted octanol–water partition coefficient (Wildman–Crippen LogP) is 4.53. The van der Waals surface area contributed by atoms with Crippen molar-refractivity contribution >= 4 is 40.7 Å². The van der Waals surface area contributed by atoms with Gasteiger partial charge in [-0.3, -0.25) is 14.4 Å². The summed E-state index contributed by atoms with van der Waals surface area (Å²) in [5.41, 5.74) is 0.814. The van der Waals surface area contributed by atoms with E-state index in [-0.39, 0.29) is 37.4 Å². The maximum absolute atomic E-state index is 14.7. The molecule has 42 heavy (non-hydrogen) atoms. The van der Waals surface area contributed by atoms with Gasteiger partial charge in [0.05, 0.1) is 41.3 Å². The van der Waals surface area contributed by atoms with Crippen molar-refractivity contribution in [1.82, 2.24) is 4.90 Å². The summed E-state index contributed by atoms with van der Waals surface area (Å²) in [5, 5.41) is 10.8. The summed E-state index contributed by atoms with van der Waals surface area (Å²) < 4.78 is 6.66. The standard InChI is InChI=1S/C33H38ClN3O5/c1-5-18-35(23-13-9-8-10-14-23)30(39)26-25-16-17-33(42-25)27(26)31(40)37(22(7-3)20-38)29(33)32(41)36(19-6-2)28-21(4)12-11-15-24(28)34/h5-6,8-15,22,25-27,29,38H,1-2,7,16-20H2,3-4H3/t22-,25+,26-,27-,29?,33?/m0/s1. The summed E-state index contributed by atoms with van der Waals surface area (Å²) >= 11 is 6.63. The lowest BCUT2D eigenvalue weighted by atomic mass is 9.70. The largest absolute Gasteiger partial charge is 0.394 e. The number of fused-ring (bicyclic) bond motifs is 1. The first kappa shape index (κ1) is 30.0. The number of carbonyl (C=O) groups is 3. The van der Waals surface area contributed by atoms with E-state index in [1.54, 1.807) is 28.0 Å². The Labute approximate surface area is 252 Å². The smallest absolute Gasteiger partial charge is 0.253 e. The first-order valence-electron chi connectivity index (χ1n) is 14.5. The normalized spacial score (nSPS) is 26.6. The molecule has 2 bridgehead atoms. The van der Waals surface area contributed by atoms with Gasteiger partial charge >= 0.3 is 0 Å². The Morgan fingerprint density at radius 1 is 1.12 bits per heavy atom. The fourth-order valence-corrected chi connectivity index (χ4v) is 7.56. The van der Waals surface area contributed by atoms with Crippen LogP contribution in [0.1, 0.15) is 31.7 Å². The van der Waals surface area contributed by atoms with E-state index in [1.165, 1.54) is 4.90 Å². The molecule has 2 unspecified atom stereocenters. The van der Waals surface area contributed by atoms with E-state index in [2.05, 4.69) is 13.2 Å². The summed E-state index contributed by atoms with van der Waals surface area (Å²) in [5.74, 6) is -2.59. The molecule has 1 N–H and O–H groups in total. The van der Waals surface area contributed by atoms with Gasteiger partial charge in [0.25, 0.3) is 5.91 Å². The molecule has 2 aromatic carbocycles. The molecule has 3 amide bonds. The molecule has 1 spiro atoms. The monoisotopic (exact) mass is 591 g/mol. The van der Waals surface area contributed by atoms with Gasteiger partial charge < -0.3 is 24.5 Å². The number of aliphatic hydroxyl groups excluding tert-OH is 1. The van der Waals surface area contributed by atoms with Crippen LogP contribution in [0.15, 0.2) is 73.8 Å². The molecule has 3 aliphatic heterocycles. The number of benzene rings is 2. The van der Waals surface area contributed by atoms with Crippen LogP contribution in [-0.4, -0.2) is 71.2 Å². The van der Waals surface area contributed by atoms with E-state index in [0.717, 1.165) is 5.56 Å². The molecule has 0 radical (unpaired) electrons. The van der Waals surface area contributed by atoms with Crippen LogP contribution < -0.4 is 9.80 Å². The molecule has 0 saturated carbocycles. The number of carbonyl (C=O) groups excluding carboxylic acids is 3. The van der Waals surface area contributed by atoms with Crippen molar-refractivity contribution in [2.75, 3.05) is 29.5 Å². The van der Waals surface area contributed by atoms with Crippen LogP contribution in [0.4, 0.5) is 11.4 Å². The first-order chi connectivity index (χ1) is 20.2. The fourth-order valence-electron chi connectivity index (χ4n) is 7.23. The quantitative estimate of drug-likeness (QED) is 0.388. The molecule has 3 heterocycles. The summed E-state index contributed by atoms with van der Waals surface area (Å²) in [4.78, 5) is 48.2. The van der Waals surface area contributed by atoms with Crippen LogP contribution in [0, 0.1) is 18.8 Å². The average Bonchev–Trinajstić information content (AvgIpc) is 3.63. The third-order valence-electron chi connectivity index (χ3n) is 9.01. The zero-order valence-electron chi connectivity index (χ0n) is 24.1. The van der Waals surface area contributed by atoms with Gasteiger partial charge in [-0.2, -0.15) is 0 Å². The molecule has 8 nitrogen and oxygen atoms in total. The van der Waals surface area contributed by atoms with Crippen LogP contribution >= 0.6 is 11.6 Å². The lowest BCUT2D eigenvalue weighted by Gasteiger charge is -2.39. The Morgan fingerprint density at radius 2 is 1.81 bits per heavy atom. The lowest BCUT2D eigenvalue weighted by molar-refractivity contribution is -0.144. The molecule has 2 aromatic rings. The minimum Gasteiger partial charge on any atom is -0.394 e. The van der Waals surface area contributed by atoms with Crippen molar-refractivity contribution < 1.29 is 24.2 Å². The second-order valence-electron chi connectivity index (χ2n) is 11.3. The van der Waals surface area contributed by atoms with Gasteiger partial charge in [0, 0.05) is 18.8 Å². The van der Waals surface area contributed by atoms with Crippen molar-refractivity contribution in [2.24, 2.45) is 11.8 Å². The van der Waals surface area contributed by atoms with Crippen LogP contribution in [0.2, 0.25) is 5.02 Å². The Bertz CT molecular complexity index is 1360. The predicted molar refractivity (Wildman–Crippen MR) is 163 cm³/mol. The fraction of sp³-hybridized carbons (Fsp3) is 0.424. The number of ether oxygens (including phenoxy) is 1. The van der Waals surface area contributed by atoms with E-state index in [1.807, 2.05) is 56.3 Å². The van der Waals surface area contributed by atoms with E-state index >= 15 is 0 Å². The second-order valence-corrected chi connectivity index (χ2v) is 11.7. The molecule has 6 atom stereocenters. The van der Waals surface area contributed by atoms with E-state index in [4.69, 9.17) is 16.3 Å². The summed E-state index contributed by atoms with van der Waals surface area (Å²) in [6.45, 7) is 11.5. The highest BCUT2D eigenvalue weighted by atomic mass is 35.5. The number of anilines is 2. The number of hydrogen-bond acceptors (Lipinski definition) is 5. The van der Waals surface area contributed by atoms with E-state index in [0.29, 0.717) is 35.7 Å². The van der Waals surface area contributed by atoms with Gasteiger partial charge in [0.2, 0.25) is 11.8 Å². The Kier molecular flexibility index (Phi) is 8.60. The minimum atomic E-state index is -1.22. The molecule has 5 rings (SSSR count). The van der Waals surface area contributed by atoms with Gasteiger partial charge in [-0.15, -0.1) is 13.2 Å². The molecule has 9 heteroatoms. The summed E-state index contributed by atoms with van der Waals surface area (Å²) in [6.07, 6.45) is 4.17. The van der Waals surface area contributed by atoms with Crippen molar-refractivity contribution in [3.8, 4) is 0 Å². The highest BCUT2D eigenvalue weighted by molar-refractivity contribution is 6.34. The zero-order chi connectivity index (χ0) is 30.2. The van der Waals surface area contributed by atoms with E-state index < -0.39 is 35.6 Å². The number of hydrogen-bond donors (Lipinski definition) is 1. The average molecular weight is 592 g/mol. The molecule has 3 fully saturated rings. The van der Waals surface area contributed by atoms with Gasteiger partial charge in [-0.05, 0) is 49.9 Å². The number of halogens is 1. The van der Waals surface area contributed by atoms with Gasteiger partial charge in [-0.25, -0.2) is 0 Å². The maximum Gasteiger partial charge on any atom is 0.253 e. The summed E-state index contributed by atoms with van der Waals surface area (Å²) in [7, 11) is 0. The van der Waals surface area contributed by atoms with Crippen molar-refractivity contribution in [3.05, 3.63) is 84.4 Å². The van der Waals surface area contributed by atoms with Crippen LogP contribution in [0.3, 0.4) is 0 Å². The number of nitrogens with zero attached hydrogens (tertiary/aromatic N) is 3. The molecular formula is C33H38ClN3O5. The Morgan fingerprint density at radius 3 is 2.43 bits per heavy atom. The number of amides is 3. The number of likely N-dealkylation sites (tertiary alicyclic amines) is 1. The lowest BCUT2D eigenvalue weighted by Crippen LogP contribution is -2.59. The minimum absolute atomic E-state index is 0.158. The third-order valence-corrected chi connectivity index (χ3v) is 9.32. The third kappa shape index (κ3) is 4.66. The van der Waals surface area contributed by atoms with Crippen molar-refractivity contribution in [3.63, 3.8) is 0 Å². The highest BCUT2D eigenvalue weighted by Crippen LogP contribution is 2.59. The molecule has 3 saturated heterocycles. The van der Waals surface area contributed by atoms with Gasteiger partial charge in [0.15, 0.2) is 0 Å². The molecule has 0 aromatic heterocycles. The summed E-state index contributed by atoms with van der Waals surface area (Å²) in [6, 6.07) is 13.0. The SMILES string of the molecule is C=CCN(C(=O)[C@@H]1[C@H]2C(=O)N([C@@H](CC)CO)C(C(=O)N(CC=C)c3c(C)cccc3Cl)C23CC[C@H]1O3)c1ccccc1. The van der Waals surface area contributed by atoms with Crippen LogP contribution in [-0.2, 0) is 19.1 Å². The number of rotatable bonds is 11. The van der Waals surface area contributed by atoms with Gasteiger partial charge in [-0.1, -0.05) is 61.0 Å². The maximum atomic E-state index is 14.7. The molecular weight excluding hydrogens is 554 g/mol. The Balaban J connectivity index is 1.61.